The first-order chi connectivity index (χ1) is 9.25. The average Bonchev–Trinajstić information content (AvgIpc) is 2.35. The lowest BCUT2D eigenvalue weighted by molar-refractivity contribution is -0.173. The van der Waals surface area contributed by atoms with E-state index in [0.29, 0.717) is 24.7 Å². The van der Waals surface area contributed by atoms with E-state index in [1.54, 1.807) is 0 Å². The summed E-state index contributed by atoms with van der Waals surface area (Å²) in [5.74, 6) is -1.32. The molecule has 6 heteroatoms. The molecule has 0 aromatic rings. The molecule has 0 aromatic carbocycles. The van der Waals surface area contributed by atoms with Gasteiger partial charge >= 0.3 is 11.9 Å². The molecule has 0 spiro atoms. The zero-order valence-corrected chi connectivity index (χ0v) is 12.7. The summed E-state index contributed by atoms with van der Waals surface area (Å²) in [5.41, 5.74) is 0. The fourth-order valence-electron chi connectivity index (χ4n) is 1.22. The SMILES string of the molecule is CC(C)CCOC(=O)[C@@H](O)[C@@H](O)C(=O)OCCC(C)C. The predicted octanol–water partition coefficient (Wildman–Crippen LogP) is 0.887. The number of aliphatic hydroxyl groups is 2. The molecule has 0 saturated heterocycles. The predicted molar refractivity (Wildman–Crippen MR) is 72.8 cm³/mol. The Balaban J connectivity index is 4.07. The number of hydrogen-bond donors (Lipinski definition) is 2. The topological polar surface area (TPSA) is 93.1 Å². The Labute approximate surface area is 120 Å². The molecule has 2 N–H and O–H groups in total. The number of carbonyl (C=O) groups is 2. The van der Waals surface area contributed by atoms with Gasteiger partial charge in [0.15, 0.2) is 12.2 Å². The molecular weight excluding hydrogens is 264 g/mol. The van der Waals surface area contributed by atoms with E-state index >= 15 is 0 Å². The smallest absolute Gasteiger partial charge is 0.338 e. The monoisotopic (exact) mass is 290 g/mol. The van der Waals surface area contributed by atoms with Crippen molar-refractivity contribution in [1.29, 1.82) is 0 Å². The zero-order chi connectivity index (χ0) is 15.7. The van der Waals surface area contributed by atoms with E-state index in [1.807, 2.05) is 27.7 Å². The van der Waals surface area contributed by atoms with Gasteiger partial charge in [0.25, 0.3) is 0 Å². The van der Waals surface area contributed by atoms with Crippen LogP contribution in [0.25, 0.3) is 0 Å². The molecule has 0 rings (SSSR count). The van der Waals surface area contributed by atoms with Crippen LogP contribution in [0.15, 0.2) is 0 Å². The highest BCUT2D eigenvalue weighted by atomic mass is 16.6. The number of ether oxygens (including phenoxy) is 2. The van der Waals surface area contributed by atoms with Crippen molar-refractivity contribution in [2.75, 3.05) is 13.2 Å². The van der Waals surface area contributed by atoms with Crippen LogP contribution in [0.1, 0.15) is 40.5 Å². The van der Waals surface area contributed by atoms with Crippen LogP contribution < -0.4 is 0 Å². The summed E-state index contributed by atoms with van der Waals surface area (Å²) in [5, 5.41) is 19.0. The van der Waals surface area contributed by atoms with Crippen molar-refractivity contribution in [3.05, 3.63) is 0 Å². The van der Waals surface area contributed by atoms with E-state index in [4.69, 9.17) is 9.47 Å². The minimum absolute atomic E-state index is 0.142. The molecule has 0 fully saturated rings. The van der Waals surface area contributed by atoms with E-state index < -0.39 is 24.1 Å². The fourth-order valence-corrected chi connectivity index (χ4v) is 1.22. The summed E-state index contributed by atoms with van der Waals surface area (Å²) in [6, 6.07) is 0. The van der Waals surface area contributed by atoms with Gasteiger partial charge < -0.3 is 19.7 Å². The Morgan fingerprint density at radius 1 is 0.800 bits per heavy atom. The van der Waals surface area contributed by atoms with Gasteiger partial charge in [0.05, 0.1) is 13.2 Å². The third kappa shape index (κ3) is 8.12. The van der Waals surface area contributed by atoms with Crippen LogP contribution in [0.4, 0.5) is 0 Å². The molecule has 2 atom stereocenters. The molecule has 0 aromatic heterocycles. The van der Waals surface area contributed by atoms with Crippen molar-refractivity contribution in [3.8, 4) is 0 Å². The van der Waals surface area contributed by atoms with Gasteiger partial charge in [-0.05, 0) is 24.7 Å². The minimum atomic E-state index is -1.91. The molecule has 0 heterocycles. The number of carbonyl (C=O) groups excluding carboxylic acids is 2. The Morgan fingerprint density at radius 3 is 1.35 bits per heavy atom. The first kappa shape index (κ1) is 18.9. The maximum absolute atomic E-state index is 11.4. The highest BCUT2D eigenvalue weighted by Gasteiger charge is 2.32. The molecule has 6 nitrogen and oxygen atoms in total. The number of rotatable bonds is 9. The highest BCUT2D eigenvalue weighted by molar-refractivity contribution is 5.85. The first-order valence-electron chi connectivity index (χ1n) is 6.95. The van der Waals surface area contributed by atoms with Gasteiger partial charge in [-0.15, -0.1) is 0 Å². The molecule has 0 unspecified atom stereocenters. The van der Waals surface area contributed by atoms with Gasteiger partial charge in [0, 0.05) is 0 Å². The minimum Gasteiger partial charge on any atom is -0.464 e. The normalized spacial score (nSPS) is 14.2. The molecule has 0 amide bonds. The second kappa shape index (κ2) is 9.72. The lowest BCUT2D eigenvalue weighted by Gasteiger charge is -2.16. The lowest BCUT2D eigenvalue weighted by Crippen LogP contribution is -2.42. The molecule has 0 aliphatic rings. The van der Waals surface area contributed by atoms with Crippen LogP contribution in [0.2, 0.25) is 0 Å². The van der Waals surface area contributed by atoms with Gasteiger partial charge in [0.1, 0.15) is 0 Å². The maximum atomic E-state index is 11.4. The van der Waals surface area contributed by atoms with Crippen LogP contribution in [0.3, 0.4) is 0 Å². The summed E-state index contributed by atoms with van der Waals surface area (Å²) in [4.78, 5) is 22.8. The summed E-state index contributed by atoms with van der Waals surface area (Å²) < 4.78 is 9.54. The number of aliphatic hydroxyl groups excluding tert-OH is 2. The first-order valence-corrected chi connectivity index (χ1v) is 6.95. The van der Waals surface area contributed by atoms with Gasteiger partial charge in [-0.3, -0.25) is 0 Å². The van der Waals surface area contributed by atoms with Gasteiger partial charge in [-0.25, -0.2) is 9.59 Å². The molecule has 0 aliphatic carbocycles. The van der Waals surface area contributed by atoms with Crippen LogP contribution in [0.5, 0.6) is 0 Å². The van der Waals surface area contributed by atoms with Crippen molar-refractivity contribution < 1.29 is 29.3 Å². The quantitative estimate of drug-likeness (QED) is 0.613. The van der Waals surface area contributed by atoms with E-state index in [9.17, 15) is 19.8 Å². The summed E-state index contributed by atoms with van der Waals surface area (Å²) in [6.45, 7) is 8.14. The second-order valence-corrected chi connectivity index (χ2v) is 5.59. The van der Waals surface area contributed by atoms with E-state index in [1.165, 1.54) is 0 Å². The molecule has 0 aliphatic heterocycles. The summed E-state index contributed by atoms with van der Waals surface area (Å²) in [7, 11) is 0. The van der Waals surface area contributed by atoms with Crippen molar-refractivity contribution in [1.82, 2.24) is 0 Å². The molecular formula is C14H26O6. The largest absolute Gasteiger partial charge is 0.464 e. The third-order valence-corrected chi connectivity index (χ3v) is 2.66. The number of hydrogen-bond acceptors (Lipinski definition) is 6. The average molecular weight is 290 g/mol. The summed E-state index contributed by atoms with van der Waals surface area (Å²) in [6.07, 6.45) is -2.52. The van der Waals surface area contributed by atoms with E-state index in [-0.39, 0.29) is 13.2 Å². The zero-order valence-electron chi connectivity index (χ0n) is 12.7. The standard InChI is InChI=1S/C14H26O6/c1-9(2)5-7-19-13(17)11(15)12(16)14(18)20-8-6-10(3)4/h9-12,15-16H,5-8H2,1-4H3/t11-,12+. The highest BCUT2D eigenvalue weighted by Crippen LogP contribution is 2.05. The van der Waals surface area contributed by atoms with Crippen molar-refractivity contribution in [3.63, 3.8) is 0 Å². The fraction of sp³-hybridized carbons (Fsp3) is 0.857. The Hall–Kier alpha value is -1.14. The lowest BCUT2D eigenvalue weighted by atomic mass is 10.1. The third-order valence-electron chi connectivity index (χ3n) is 2.66. The van der Waals surface area contributed by atoms with Gasteiger partial charge in [-0.2, -0.15) is 0 Å². The summed E-state index contributed by atoms with van der Waals surface area (Å²) >= 11 is 0. The Morgan fingerprint density at radius 2 is 1.10 bits per heavy atom. The Kier molecular flexibility index (Phi) is 9.16. The van der Waals surface area contributed by atoms with Crippen LogP contribution in [-0.2, 0) is 19.1 Å². The van der Waals surface area contributed by atoms with E-state index in [0.717, 1.165) is 0 Å². The van der Waals surface area contributed by atoms with Crippen molar-refractivity contribution >= 4 is 11.9 Å². The van der Waals surface area contributed by atoms with Gasteiger partial charge in [0.2, 0.25) is 0 Å². The number of esters is 2. The Bertz CT molecular complexity index is 270. The van der Waals surface area contributed by atoms with Gasteiger partial charge in [-0.1, -0.05) is 27.7 Å². The molecule has 0 radical (unpaired) electrons. The molecule has 118 valence electrons. The van der Waals surface area contributed by atoms with Crippen LogP contribution in [0, 0.1) is 11.8 Å². The molecule has 20 heavy (non-hydrogen) atoms. The van der Waals surface area contributed by atoms with Crippen LogP contribution >= 0.6 is 0 Å². The molecule has 0 bridgehead atoms. The molecule has 0 saturated carbocycles. The van der Waals surface area contributed by atoms with Crippen molar-refractivity contribution in [2.45, 2.75) is 52.7 Å². The second-order valence-electron chi connectivity index (χ2n) is 5.59. The van der Waals surface area contributed by atoms with Crippen molar-refractivity contribution in [2.24, 2.45) is 11.8 Å². The van der Waals surface area contributed by atoms with Crippen LogP contribution in [-0.4, -0.2) is 47.6 Å². The maximum Gasteiger partial charge on any atom is 0.338 e. The van der Waals surface area contributed by atoms with E-state index in [2.05, 4.69) is 0 Å².